The van der Waals surface area contributed by atoms with Crippen molar-refractivity contribution in [3.05, 3.63) is 70.6 Å². The lowest BCUT2D eigenvalue weighted by Crippen LogP contribution is -2.06. The van der Waals surface area contributed by atoms with E-state index in [1.807, 2.05) is 19.9 Å². The van der Waals surface area contributed by atoms with E-state index in [2.05, 4.69) is 20.2 Å². The molecule has 0 atom stereocenters. The van der Waals surface area contributed by atoms with Crippen molar-refractivity contribution >= 4 is 16.8 Å². The summed E-state index contributed by atoms with van der Waals surface area (Å²) >= 11 is 0. The van der Waals surface area contributed by atoms with E-state index in [1.165, 1.54) is 0 Å². The van der Waals surface area contributed by atoms with E-state index in [0.29, 0.717) is 22.6 Å². The largest absolute Gasteiger partial charge is 0.339 e. The number of rotatable bonds is 4. The molecule has 0 spiro atoms. The van der Waals surface area contributed by atoms with Gasteiger partial charge in [-0.2, -0.15) is 5.10 Å². The number of nitrogens with zero attached hydrogens (tertiary/aromatic N) is 2. The molecule has 0 bridgehead atoms. The maximum Gasteiger partial charge on any atom is 0.187 e. The molecule has 1 aromatic carbocycles. The van der Waals surface area contributed by atoms with Gasteiger partial charge < -0.3 is 4.98 Å². The molecule has 0 radical (unpaired) electrons. The quantitative estimate of drug-likeness (QED) is 0.540. The van der Waals surface area contributed by atoms with Crippen LogP contribution in [0.4, 0.5) is 0 Å². The highest BCUT2D eigenvalue weighted by molar-refractivity contribution is 5.97. The first-order chi connectivity index (χ1) is 14.2. The van der Waals surface area contributed by atoms with Crippen LogP contribution in [-0.2, 0) is 6.42 Å². The van der Waals surface area contributed by atoms with Crippen molar-refractivity contribution in [3.63, 3.8) is 0 Å². The fourth-order valence-electron chi connectivity index (χ4n) is 2.83. The summed E-state index contributed by atoms with van der Waals surface area (Å²) in [5.74, 6) is -0.105. The van der Waals surface area contributed by atoms with E-state index in [9.17, 15) is 4.79 Å². The molecule has 0 saturated carbocycles. The van der Waals surface area contributed by atoms with Gasteiger partial charge in [0.05, 0.1) is 5.48 Å². The van der Waals surface area contributed by atoms with Gasteiger partial charge in [0.1, 0.15) is 11.3 Å². The highest BCUT2D eigenvalue weighted by Crippen LogP contribution is 2.24. The average molecular weight is 348 g/mol. The van der Waals surface area contributed by atoms with Gasteiger partial charge in [-0.3, -0.25) is 9.89 Å². The van der Waals surface area contributed by atoms with Gasteiger partial charge in [0, 0.05) is 35.0 Å². The number of carbonyl (C=O) groups excluding carboxylic acids is 1. The van der Waals surface area contributed by atoms with Crippen LogP contribution in [0.5, 0.6) is 0 Å². The second-order valence-corrected chi connectivity index (χ2v) is 6.39. The lowest BCUT2D eigenvalue weighted by molar-refractivity contribution is 0.0987. The molecule has 0 fully saturated rings. The first-order valence-electron chi connectivity index (χ1n) is 10.3. The third-order valence-electron chi connectivity index (χ3n) is 4.43. The summed E-state index contributed by atoms with van der Waals surface area (Å²) in [6.45, 7) is 5.29. The number of ketones is 1. The first kappa shape index (κ1) is 12.2. The van der Waals surface area contributed by atoms with Crippen molar-refractivity contribution in [3.8, 4) is 11.3 Å². The number of Topliss-reactive ketones (excluding diaryl/α,β-unsaturated/α-hetero) is 1. The zero-order valence-corrected chi connectivity index (χ0v) is 14.7. The summed E-state index contributed by atoms with van der Waals surface area (Å²) in [6, 6.07) is 3.25. The van der Waals surface area contributed by atoms with Crippen molar-refractivity contribution in [2.24, 2.45) is 0 Å². The molecular weight excluding hydrogens is 324 g/mol. The lowest BCUT2D eigenvalue weighted by Gasteiger charge is -2.00. The Labute approximate surface area is 157 Å². The number of benzene rings is 1. The number of H-pyrrole nitrogens is 2. The van der Waals surface area contributed by atoms with Crippen LogP contribution in [0.15, 0.2) is 42.5 Å². The molecule has 5 heteroatoms. The summed E-state index contributed by atoms with van der Waals surface area (Å²) in [4.78, 5) is 20.0. The molecule has 0 aliphatic rings. The molecular formula is C21H20N4O. The number of nitrogens with one attached hydrogen (secondary N) is 2. The maximum atomic E-state index is 12.6. The summed E-state index contributed by atoms with van der Waals surface area (Å²) in [5.41, 5.74) is 4.36. The van der Waals surface area contributed by atoms with Gasteiger partial charge in [-0.05, 0) is 44.0 Å². The molecule has 5 nitrogen and oxygen atoms in total. The molecule has 26 heavy (non-hydrogen) atoms. The molecule has 2 N–H and O–H groups in total. The SMILES string of the molecule is [2H]c1c([2H])c(-c2cc3cc(CC(=O)c4n[nH]c(C)c4C)cnc3[nH]2)c([2H])c([2H])c1C. The summed E-state index contributed by atoms with van der Waals surface area (Å²) < 4.78 is 32.6. The Kier molecular flexibility index (Phi) is 2.94. The highest BCUT2D eigenvalue weighted by Gasteiger charge is 2.15. The zero-order chi connectivity index (χ0) is 21.7. The minimum Gasteiger partial charge on any atom is -0.339 e. The van der Waals surface area contributed by atoms with Crippen LogP contribution in [0.25, 0.3) is 22.3 Å². The molecule has 3 heterocycles. The molecule has 4 aromatic rings. The second kappa shape index (κ2) is 6.26. The minimum atomic E-state index is -0.105. The maximum absolute atomic E-state index is 12.6. The van der Waals surface area contributed by atoms with Gasteiger partial charge in [0.2, 0.25) is 0 Å². The van der Waals surface area contributed by atoms with Crippen molar-refractivity contribution in [1.29, 1.82) is 0 Å². The van der Waals surface area contributed by atoms with Gasteiger partial charge in [-0.1, -0.05) is 29.7 Å². The number of hydrogen-bond acceptors (Lipinski definition) is 3. The number of aryl methyl sites for hydroxylation is 1. The van der Waals surface area contributed by atoms with Crippen LogP contribution < -0.4 is 0 Å². The van der Waals surface area contributed by atoms with Crippen LogP contribution >= 0.6 is 0 Å². The van der Waals surface area contributed by atoms with Crippen molar-refractivity contribution in [1.82, 2.24) is 20.2 Å². The van der Waals surface area contributed by atoms with Crippen LogP contribution in [0.1, 0.15) is 38.4 Å². The third kappa shape index (κ3) is 2.92. The first-order valence-corrected chi connectivity index (χ1v) is 8.28. The number of aromatic nitrogens is 4. The Morgan fingerprint density at radius 1 is 1.15 bits per heavy atom. The van der Waals surface area contributed by atoms with E-state index in [1.54, 1.807) is 19.2 Å². The normalized spacial score (nSPS) is 13.3. The number of aromatic amines is 2. The Hall–Kier alpha value is -3.21. The fraction of sp³-hybridized carbons (Fsp3) is 0.190. The lowest BCUT2D eigenvalue weighted by atomic mass is 10.0. The predicted molar refractivity (Wildman–Crippen MR) is 102 cm³/mol. The van der Waals surface area contributed by atoms with Gasteiger partial charge in [0.15, 0.2) is 5.78 Å². The van der Waals surface area contributed by atoms with Gasteiger partial charge in [-0.25, -0.2) is 4.98 Å². The van der Waals surface area contributed by atoms with Gasteiger partial charge in [0.25, 0.3) is 0 Å². The summed E-state index contributed by atoms with van der Waals surface area (Å²) in [7, 11) is 0. The Bertz CT molecular complexity index is 1290. The van der Waals surface area contributed by atoms with Crippen LogP contribution in [0.2, 0.25) is 0 Å². The molecule has 130 valence electrons. The number of hydrogen-bond donors (Lipinski definition) is 2. The topological polar surface area (TPSA) is 74.4 Å². The summed E-state index contributed by atoms with van der Waals surface area (Å²) in [6.07, 6.45) is 1.76. The second-order valence-electron chi connectivity index (χ2n) is 6.39. The van der Waals surface area contributed by atoms with E-state index < -0.39 is 0 Å². The number of carbonyl (C=O) groups is 1. The fourth-order valence-corrected chi connectivity index (χ4v) is 2.83. The molecule has 4 rings (SSSR count). The molecule has 0 unspecified atom stereocenters. The monoisotopic (exact) mass is 348 g/mol. The van der Waals surface area contributed by atoms with Crippen LogP contribution in [-0.4, -0.2) is 25.9 Å². The Balaban J connectivity index is 1.72. The van der Waals surface area contributed by atoms with Gasteiger partial charge >= 0.3 is 0 Å². The Morgan fingerprint density at radius 2 is 1.92 bits per heavy atom. The van der Waals surface area contributed by atoms with E-state index in [4.69, 9.17) is 5.48 Å². The number of pyridine rings is 1. The van der Waals surface area contributed by atoms with Crippen molar-refractivity contribution < 1.29 is 10.3 Å². The zero-order valence-electron chi connectivity index (χ0n) is 18.7. The van der Waals surface area contributed by atoms with E-state index in [-0.39, 0.29) is 41.9 Å². The summed E-state index contributed by atoms with van der Waals surface area (Å²) in [5, 5.41) is 7.63. The highest BCUT2D eigenvalue weighted by atomic mass is 16.1. The average Bonchev–Trinajstić information content (AvgIpc) is 3.28. The van der Waals surface area contributed by atoms with Gasteiger partial charge in [-0.15, -0.1) is 0 Å². The Morgan fingerprint density at radius 3 is 2.62 bits per heavy atom. The van der Waals surface area contributed by atoms with Crippen LogP contribution in [0.3, 0.4) is 0 Å². The number of fused-ring (bicyclic) bond motifs is 1. The minimum absolute atomic E-state index is 0.0615. The predicted octanol–water partition coefficient (Wildman–Crippen LogP) is 4.30. The van der Waals surface area contributed by atoms with Crippen molar-refractivity contribution in [2.45, 2.75) is 27.2 Å². The van der Waals surface area contributed by atoms with E-state index >= 15 is 0 Å². The van der Waals surface area contributed by atoms with Crippen LogP contribution in [0, 0.1) is 20.8 Å². The standard InChI is InChI=1S/C21H20N4O/c1-12-4-6-16(7-5-12)18-10-17-8-15(11-22-21(17)23-18)9-19(26)20-13(2)14(3)24-25-20/h4-8,10-11H,9H2,1-3H3,(H,22,23)(H,24,25)/i4D,5D,6D,7D. The molecule has 0 aliphatic carbocycles. The molecule has 0 amide bonds. The molecule has 0 aliphatic heterocycles. The van der Waals surface area contributed by atoms with E-state index in [0.717, 1.165) is 22.2 Å². The smallest absolute Gasteiger partial charge is 0.187 e. The molecule has 3 aromatic heterocycles. The third-order valence-corrected chi connectivity index (χ3v) is 4.43. The van der Waals surface area contributed by atoms with Crippen molar-refractivity contribution in [2.75, 3.05) is 0 Å². The molecule has 0 saturated heterocycles.